The van der Waals surface area contributed by atoms with Gasteiger partial charge in [-0.1, -0.05) is 13.8 Å². The highest BCUT2D eigenvalue weighted by Gasteiger charge is 2.26. The largest absolute Gasteiger partial charge is 0.448 e. The summed E-state index contributed by atoms with van der Waals surface area (Å²) < 4.78 is 4.89. The molecule has 78 valence electrons. The Hall–Kier alpha value is -1.24. The molecule has 0 bridgehead atoms. The summed E-state index contributed by atoms with van der Waals surface area (Å²) in [6, 6.07) is 2.12. The molecule has 1 rings (SSSR count). The lowest BCUT2D eigenvalue weighted by molar-refractivity contribution is 0.0550. The third-order valence-corrected chi connectivity index (χ3v) is 2.27. The van der Waals surface area contributed by atoms with Crippen LogP contribution in [0.4, 0.5) is 4.79 Å². The SMILES string of the molecule is CC(C)CCN1CC(C#N)COC1=O. The second-order valence-corrected chi connectivity index (χ2v) is 4.03. The summed E-state index contributed by atoms with van der Waals surface area (Å²) in [5.41, 5.74) is 0. The first-order chi connectivity index (χ1) is 6.63. The summed E-state index contributed by atoms with van der Waals surface area (Å²) in [6.07, 6.45) is 0.671. The maximum atomic E-state index is 11.3. The van der Waals surface area contributed by atoms with Crippen molar-refractivity contribution in [1.29, 1.82) is 5.26 Å². The van der Waals surface area contributed by atoms with Gasteiger partial charge in [-0.3, -0.25) is 0 Å². The summed E-state index contributed by atoms with van der Waals surface area (Å²) in [5, 5.41) is 8.70. The quantitative estimate of drug-likeness (QED) is 0.689. The molecule has 0 aromatic heterocycles. The van der Waals surface area contributed by atoms with E-state index in [1.807, 2.05) is 0 Å². The first kappa shape index (κ1) is 10.8. The molecular formula is C10H16N2O2. The highest BCUT2D eigenvalue weighted by Crippen LogP contribution is 2.12. The summed E-state index contributed by atoms with van der Waals surface area (Å²) >= 11 is 0. The Morgan fingerprint density at radius 3 is 3.00 bits per heavy atom. The maximum absolute atomic E-state index is 11.3. The van der Waals surface area contributed by atoms with Crippen LogP contribution in [0.25, 0.3) is 0 Å². The predicted octanol–water partition coefficient (Wildman–Crippen LogP) is 1.62. The molecular weight excluding hydrogens is 180 g/mol. The van der Waals surface area contributed by atoms with Gasteiger partial charge < -0.3 is 9.64 Å². The van der Waals surface area contributed by atoms with Crippen LogP contribution >= 0.6 is 0 Å². The molecule has 1 heterocycles. The highest BCUT2D eigenvalue weighted by molar-refractivity contribution is 5.68. The molecule has 14 heavy (non-hydrogen) atoms. The topological polar surface area (TPSA) is 53.3 Å². The fraction of sp³-hybridized carbons (Fsp3) is 0.800. The van der Waals surface area contributed by atoms with Gasteiger partial charge in [0.15, 0.2) is 0 Å². The second kappa shape index (κ2) is 4.85. The van der Waals surface area contributed by atoms with Crippen LogP contribution in [0.5, 0.6) is 0 Å². The number of ether oxygens (including phenoxy) is 1. The molecule has 4 heteroatoms. The zero-order valence-corrected chi connectivity index (χ0v) is 8.69. The number of hydrogen-bond acceptors (Lipinski definition) is 3. The van der Waals surface area contributed by atoms with Crippen LogP contribution in [-0.2, 0) is 4.74 Å². The molecule has 1 aliphatic rings. The summed E-state index contributed by atoms with van der Waals surface area (Å²) in [5.74, 6) is 0.394. The Labute approximate surface area is 84.4 Å². The van der Waals surface area contributed by atoms with Gasteiger partial charge in [0, 0.05) is 13.1 Å². The molecule has 0 radical (unpaired) electrons. The smallest absolute Gasteiger partial charge is 0.409 e. The first-order valence-corrected chi connectivity index (χ1v) is 4.94. The van der Waals surface area contributed by atoms with Gasteiger partial charge in [-0.2, -0.15) is 5.26 Å². The number of cyclic esters (lactones) is 1. The molecule has 1 atom stereocenters. The molecule has 0 aliphatic carbocycles. The summed E-state index contributed by atoms with van der Waals surface area (Å²) in [6.45, 7) is 5.67. The van der Waals surface area contributed by atoms with Gasteiger partial charge in [-0.05, 0) is 12.3 Å². The average Bonchev–Trinajstić information content (AvgIpc) is 2.16. The lowest BCUT2D eigenvalue weighted by atomic mass is 10.1. The lowest BCUT2D eigenvalue weighted by Gasteiger charge is -2.29. The minimum absolute atomic E-state index is 0.167. The zero-order chi connectivity index (χ0) is 10.6. The van der Waals surface area contributed by atoms with Crippen molar-refractivity contribution in [3.8, 4) is 6.07 Å². The second-order valence-electron chi connectivity index (χ2n) is 4.03. The van der Waals surface area contributed by atoms with Gasteiger partial charge in [-0.15, -0.1) is 0 Å². The molecule has 1 amide bonds. The van der Waals surface area contributed by atoms with Crippen LogP contribution in [-0.4, -0.2) is 30.7 Å². The normalized spacial score (nSPS) is 22.0. The van der Waals surface area contributed by atoms with Crippen molar-refractivity contribution in [2.24, 2.45) is 11.8 Å². The minimum atomic E-state index is -0.280. The molecule has 0 saturated carbocycles. The zero-order valence-electron chi connectivity index (χ0n) is 8.69. The standard InChI is InChI=1S/C10H16N2O2/c1-8(2)3-4-12-6-9(5-11)7-14-10(12)13/h8-9H,3-4,6-7H2,1-2H3. The summed E-state index contributed by atoms with van der Waals surface area (Å²) in [4.78, 5) is 12.9. The minimum Gasteiger partial charge on any atom is -0.448 e. The van der Waals surface area contributed by atoms with Crippen LogP contribution in [0.1, 0.15) is 20.3 Å². The monoisotopic (exact) mass is 196 g/mol. The Kier molecular flexibility index (Phi) is 3.75. The fourth-order valence-corrected chi connectivity index (χ4v) is 1.33. The maximum Gasteiger partial charge on any atom is 0.409 e. The Morgan fingerprint density at radius 1 is 1.71 bits per heavy atom. The van der Waals surface area contributed by atoms with E-state index in [4.69, 9.17) is 10.00 Å². The van der Waals surface area contributed by atoms with Crippen molar-refractivity contribution in [3.63, 3.8) is 0 Å². The fourth-order valence-electron chi connectivity index (χ4n) is 1.33. The Balaban J connectivity index is 2.41. The van der Waals surface area contributed by atoms with E-state index in [1.165, 1.54) is 0 Å². The number of amides is 1. The Morgan fingerprint density at radius 2 is 2.43 bits per heavy atom. The van der Waals surface area contributed by atoms with Crippen molar-refractivity contribution in [1.82, 2.24) is 4.90 Å². The van der Waals surface area contributed by atoms with Crippen molar-refractivity contribution in [3.05, 3.63) is 0 Å². The predicted molar refractivity (Wildman–Crippen MR) is 51.5 cm³/mol. The van der Waals surface area contributed by atoms with Crippen LogP contribution in [0.3, 0.4) is 0 Å². The van der Waals surface area contributed by atoms with Gasteiger partial charge in [0.2, 0.25) is 0 Å². The van der Waals surface area contributed by atoms with E-state index in [0.717, 1.165) is 6.42 Å². The van der Waals surface area contributed by atoms with E-state index < -0.39 is 0 Å². The number of rotatable bonds is 3. The first-order valence-electron chi connectivity index (χ1n) is 4.94. The molecule has 1 unspecified atom stereocenters. The molecule has 1 fully saturated rings. The van der Waals surface area contributed by atoms with Crippen LogP contribution in [0.2, 0.25) is 0 Å². The van der Waals surface area contributed by atoms with Crippen molar-refractivity contribution >= 4 is 6.09 Å². The molecule has 0 spiro atoms. The third kappa shape index (κ3) is 2.91. The summed E-state index contributed by atoms with van der Waals surface area (Å²) in [7, 11) is 0. The third-order valence-electron chi connectivity index (χ3n) is 2.27. The van der Waals surface area contributed by atoms with E-state index in [-0.39, 0.29) is 18.6 Å². The molecule has 1 saturated heterocycles. The molecule has 0 aromatic rings. The number of hydrogen-bond donors (Lipinski definition) is 0. The van der Waals surface area contributed by atoms with Gasteiger partial charge in [-0.25, -0.2) is 4.79 Å². The number of carbonyl (C=O) groups excluding carboxylic acids is 1. The van der Waals surface area contributed by atoms with Gasteiger partial charge >= 0.3 is 6.09 Å². The van der Waals surface area contributed by atoms with Crippen LogP contribution in [0.15, 0.2) is 0 Å². The average molecular weight is 196 g/mol. The number of carbonyl (C=O) groups is 1. The molecule has 1 aliphatic heterocycles. The Bertz CT molecular complexity index is 245. The van der Waals surface area contributed by atoms with Gasteiger partial charge in [0.1, 0.15) is 6.61 Å². The van der Waals surface area contributed by atoms with E-state index in [0.29, 0.717) is 19.0 Å². The van der Waals surface area contributed by atoms with Gasteiger partial charge in [0.05, 0.1) is 12.0 Å². The molecule has 4 nitrogen and oxygen atoms in total. The molecule has 0 aromatic carbocycles. The van der Waals surface area contributed by atoms with Crippen LogP contribution in [0, 0.1) is 23.2 Å². The number of nitriles is 1. The highest BCUT2D eigenvalue weighted by atomic mass is 16.6. The molecule has 0 N–H and O–H groups in total. The van der Waals surface area contributed by atoms with Crippen molar-refractivity contribution < 1.29 is 9.53 Å². The number of nitrogens with zero attached hydrogens (tertiary/aromatic N) is 2. The van der Waals surface area contributed by atoms with Crippen molar-refractivity contribution in [2.75, 3.05) is 19.7 Å². The van der Waals surface area contributed by atoms with Crippen LogP contribution < -0.4 is 0 Å². The van der Waals surface area contributed by atoms with E-state index in [1.54, 1.807) is 4.90 Å². The van der Waals surface area contributed by atoms with Gasteiger partial charge in [0.25, 0.3) is 0 Å². The lowest BCUT2D eigenvalue weighted by Crippen LogP contribution is -2.43. The van der Waals surface area contributed by atoms with E-state index in [2.05, 4.69) is 19.9 Å². The van der Waals surface area contributed by atoms with Crippen molar-refractivity contribution in [2.45, 2.75) is 20.3 Å². The van der Waals surface area contributed by atoms with E-state index in [9.17, 15) is 4.79 Å². The van der Waals surface area contributed by atoms with E-state index >= 15 is 0 Å².